The van der Waals surface area contributed by atoms with E-state index in [9.17, 15) is 0 Å². The van der Waals surface area contributed by atoms with Gasteiger partial charge in [0.15, 0.2) is 0 Å². The maximum absolute atomic E-state index is 6.37. The van der Waals surface area contributed by atoms with Crippen molar-refractivity contribution in [2.24, 2.45) is 5.41 Å². The summed E-state index contributed by atoms with van der Waals surface area (Å²) in [5, 5.41) is 5.14. The van der Waals surface area contributed by atoms with Crippen molar-refractivity contribution in [3.63, 3.8) is 0 Å². The van der Waals surface area contributed by atoms with Gasteiger partial charge in [-0.15, -0.1) is 0 Å². The average molecular weight is 330 g/mol. The number of hydrogen-bond acceptors (Lipinski definition) is 2. The third kappa shape index (κ3) is 4.85. The first kappa shape index (κ1) is 17.1. The highest BCUT2D eigenvalue weighted by atomic mass is 35.5. The van der Waals surface area contributed by atoms with Gasteiger partial charge in [-0.05, 0) is 42.4 Å². The second kappa shape index (κ2) is 8.38. The van der Waals surface area contributed by atoms with E-state index in [1.807, 2.05) is 18.2 Å². The smallest absolute Gasteiger partial charge is 0.0587 e. The molecule has 0 radical (unpaired) electrons. The first-order chi connectivity index (χ1) is 10.2. The molecule has 0 unspecified atom stereocenters. The first-order valence-corrected chi connectivity index (χ1v) is 8.55. The van der Waals surface area contributed by atoms with E-state index in [0.717, 1.165) is 41.7 Å². The highest BCUT2D eigenvalue weighted by molar-refractivity contribution is 6.36. The van der Waals surface area contributed by atoms with Crippen LogP contribution in [-0.4, -0.2) is 26.8 Å². The molecule has 0 atom stereocenters. The van der Waals surface area contributed by atoms with Crippen molar-refractivity contribution < 1.29 is 4.74 Å². The molecule has 0 saturated heterocycles. The van der Waals surface area contributed by atoms with E-state index in [1.54, 1.807) is 7.11 Å². The van der Waals surface area contributed by atoms with Crippen LogP contribution in [0.5, 0.6) is 0 Å². The predicted molar refractivity (Wildman–Crippen MR) is 90.4 cm³/mol. The lowest BCUT2D eigenvalue weighted by atomic mass is 9.70. The number of hydrogen-bond donors (Lipinski definition) is 1. The second-order valence-corrected chi connectivity index (χ2v) is 6.92. The number of ether oxygens (including phenoxy) is 1. The van der Waals surface area contributed by atoms with Crippen molar-refractivity contribution in [3.05, 3.63) is 33.8 Å². The first-order valence-electron chi connectivity index (χ1n) is 7.79. The maximum atomic E-state index is 6.37. The van der Waals surface area contributed by atoms with Crippen LogP contribution in [0.3, 0.4) is 0 Å². The van der Waals surface area contributed by atoms with E-state index in [-0.39, 0.29) is 5.41 Å². The molecule has 1 N–H and O–H groups in total. The third-order valence-electron chi connectivity index (χ3n) is 4.51. The molecule has 0 bridgehead atoms. The van der Waals surface area contributed by atoms with E-state index in [0.29, 0.717) is 0 Å². The number of rotatable bonds is 7. The van der Waals surface area contributed by atoms with Crippen molar-refractivity contribution in [2.45, 2.75) is 38.5 Å². The molecule has 2 rings (SSSR count). The Kier molecular flexibility index (Phi) is 6.81. The van der Waals surface area contributed by atoms with Gasteiger partial charge < -0.3 is 10.1 Å². The van der Waals surface area contributed by atoms with Crippen molar-refractivity contribution in [1.29, 1.82) is 0 Å². The van der Waals surface area contributed by atoms with Gasteiger partial charge in [-0.3, -0.25) is 0 Å². The van der Waals surface area contributed by atoms with Gasteiger partial charge in [0.1, 0.15) is 0 Å². The predicted octanol–water partition coefficient (Wildman–Crippen LogP) is 4.72. The highest BCUT2D eigenvalue weighted by Crippen LogP contribution is 2.41. The quantitative estimate of drug-likeness (QED) is 0.730. The van der Waals surface area contributed by atoms with E-state index < -0.39 is 0 Å². The molecule has 1 aliphatic carbocycles. The molecular weight excluding hydrogens is 305 g/mol. The molecule has 4 heteroatoms. The van der Waals surface area contributed by atoms with Gasteiger partial charge in [-0.25, -0.2) is 0 Å². The molecule has 118 valence electrons. The summed E-state index contributed by atoms with van der Waals surface area (Å²) in [6, 6.07) is 5.80. The SMILES string of the molecule is COCCNCC1(Cc2c(Cl)cccc2Cl)CCCCC1. The molecule has 1 aromatic rings. The topological polar surface area (TPSA) is 21.3 Å². The summed E-state index contributed by atoms with van der Waals surface area (Å²) in [5.74, 6) is 0. The standard InChI is InChI=1S/C17H25Cl2NO/c1-21-11-10-20-13-17(8-3-2-4-9-17)12-14-15(18)6-5-7-16(14)19/h5-7,20H,2-4,8-13H2,1H3. The third-order valence-corrected chi connectivity index (χ3v) is 5.22. The minimum Gasteiger partial charge on any atom is -0.383 e. The summed E-state index contributed by atoms with van der Waals surface area (Å²) in [7, 11) is 1.74. The molecule has 2 nitrogen and oxygen atoms in total. The Morgan fingerprint density at radius 2 is 1.81 bits per heavy atom. The summed E-state index contributed by atoms with van der Waals surface area (Å²) in [5.41, 5.74) is 1.39. The van der Waals surface area contributed by atoms with Crippen LogP contribution in [0.4, 0.5) is 0 Å². The fraction of sp³-hybridized carbons (Fsp3) is 0.647. The molecule has 1 aliphatic rings. The summed E-state index contributed by atoms with van der Waals surface area (Å²) in [6.07, 6.45) is 7.40. The molecule has 0 amide bonds. The Balaban J connectivity index is 2.08. The van der Waals surface area contributed by atoms with E-state index >= 15 is 0 Å². The molecule has 21 heavy (non-hydrogen) atoms. The zero-order valence-electron chi connectivity index (χ0n) is 12.8. The number of nitrogens with one attached hydrogen (secondary N) is 1. The fourth-order valence-electron chi connectivity index (χ4n) is 3.32. The van der Waals surface area contributed by atoms with Crippen molar-refractivity contribution >= 4 is 23.2 Å². The minimum atomic E-state index is 0.278. The van der Waals surface area contributed by atoms with Crippen LogP contribution in [0.2, 0.25) is 10.0 Å². The molecule has 1 saturated carbocycles. The van der Waals surface area contributed by atoms with Crippen molar-refractivity contribution in [2.75, 3.05) is 26.8 Å². The largest absolute Gasteiger partial charge is 0.383 e. The zero-order valence-corrected chi connectivity index (χ0v) is 14.3. The van der Waals surface area contributed by atoms with E-state index in [2.05, 4.69) is 5.32 Å². The van der Waals surface area contributed by atoms with Gasteiger partial charge in [-0.1, -0.05) is 48.5 Å². The van der Waals surface area contributed by atoms with Gasteiger partial charge in [0.2, 0.25) is 0 Å². The van der Waals surface area contributed by atoms with Gasteiger partial charge >= 0.3 is 0 Å². The van der Waals surface area contributed by atoms with Crippen LogP contribution >= 0.6 is 23.2 Å². The second-order valence-electron chi connectivity index (χ2n) is 6.11. The molecule has 0 aliphatic heterocycles. The van der Waals surface area contributed by atoms with Crippen molar-refractivity contribution in [1.82, 2.24) is 5.32 Å². The van der Waals surface area contributed by atoms with E-state index in [4.69, 9.17) is 27.9 Å². The van der Waals surface area contributed by atoms with Gasteiger partial charge in [0, 0.05) is 30.2 Å². The van der Waals surface area contributed by atoms with Gasteiger partial charge in [-0.2, -0.15) is 0 Å². The Morgan fingerprint density at radius 3 is 2.43 bits per heavy atom. The Bertz CT molecular complexity index is 424. The normalized spacial score (nSPS) is 17.9. The van der Waals surface area contributed by atoms with Crippen LogP contribution in [0.25, 0.3) is 0 Å². The summed E-state index contributed by atoms with van der Waals surface area (Å²) in [6.45, 7) is 2.66. The Hall–Kier alpha value is -0.280. The number of benzene rings is 1. The van der Waals surface area contributed by atoms with Crippen LogP contribution < -0.4 is 5.32 Å². The molecule has 1 fully saturated rings. The van der Waals surface area contributed by atoms with Crippen LogP contribution in [0.1, 0.15) is 37.7 Å². The fourth-order valence-corrected chi connectivity index (χ4v) is 3.85. The van der Waals surface area contributed by atoms with E-state index in [1.165, 1.54) is 32.1 Å². The van der Waals surface area contributed by atoms with Crippen LogP contribution in [0.15, 0.2) is 18.2 Å². The lowest BCUT2D eigenvalue weighted by Gasteiger charge is -2.38. The van der Waals surface area contributed by atoms with Crippen LogP contribution in [0, 0.1) is 5.41 Å². The lowest BCUT2D eigenvalue weighted by Crippen LogP contribution is -2.39. The Labute approximate surface area is 138 Å². The molecule has 0 spiro atoms. The number of methoxy groups -OCH3 is 1. The Morgan fingerprint density at radius 1 is 1.14 bits per heavy atom. The summed E-state index contributed by atoms with van der Waals surface area (Å²) >= 11 is 12.7. The minimum absolute atomic E-state index is 0.278. The zero-order chi connectivity index (χ0) is 15.1. The monoisotopic (exact) mass is 329 g/mol. The molecule has 0 heterocycles. The van der Waals surface area contributed by atoms with Crippen LogP contribution in [-0.2, 0) is 11.2 Å². The summed E-state index contributed by atoms with van der Waals surface area (Å²) in [4.78, 5) is 0. The molecular formula is C17H25Cl2NO. The highest BCUT2D eigenvalue weighted by Gasteiger charge is 2.33. The molecule has 0 aromatic heterocycles. The van der Waals surface area contributed by atoms with Gasteiger partial charge in [0.05, 0.1) is 6.61 Å². The summed E-state index contributed by atoms with van der Waals surface area (Å²) < 4.78 is 5.12. The lowest BCUT2D eigenvalue weighted by molar-refractivity contribution is 0.162. The molecule has 1 aromatic carbocycles. The number of halogens is 2. The maximum Gasteiger partial charge on any atom is 0.0587 e. The van der Waals surface area contributed by atoms with Crippen molar-refractivity contribution in [3.8, 4) is 0 Å². The van der Waals surface area contributed by atoms with Gasteiger partial charge in [0.25, 0.3) is 0 Å². The average Bonchev–Trinajstić information content (AvgIpc) is 2.49.